The van der Waals surface area contributed by atoms with E-state index in [4.69, 9.17) is 4.74 Å². The molecule has 0 aliphatic heterocycles. The van der Waals surface area contributed by atoms with Gasteiger partial charge in [-0.25, -0.2) is 0 Å². The fraction of sp³-hybridized carbons (Fsp3) is 1.00. The van der Waals surface area contributed by atoms with Crippen LogP contribution in [0.15, 0.2) is 0 Å². The van der Waals surface area contributed by atoms with Gasteiger partial charge in [0.1, 0.15) is 0 Å². The first-order valence-electron chi connectivity index (χ1n) is 8.82. The fourth-order valence-electron chi connectivity index (χ4n) is 3.40. The third kappa shape index (κ3) is 5.71. The Bertz CT molecular complexity index is 255. The molecule has 0 radical (unpaired) electrons. The van der Waals surface area contributed by atoms with E-state index in [1.807, 2.05) is 0 Å². The summed E-state index contributed by atoms with van der Waals surface area (Å²) in [5.74, 6) is 0.885. The molecule has 2 rings (SSSR count). The van der Waals surface area contributed by atoms with Gasteiger partial charge in [-0.1, -0.05) is 32.6 Å². The Balaban J connectivity index is 1.73. The van der Waals surface area contributed by atoms with Crippen molar-refractivity contribution in [3.05, 3.63) is 0 Å². The van der Waals surface area contributed by atoms with Gasteiger partial charge in [0.15, 0.2) is 0 Å². The molecular formula is C17H34N2O. The van der Waals surface area contributed by atoms with Crippen LogP contribution in [-0.2, 0) is 4.74 Å². The second-order valence-corrected chi connectivity index (χ2v) is 6.72. The molecule has 2 saturated carbocycles. The Morgan fingerprint density at radius 3 is 2.50 bits per heavy atom. The number of hydrogen-bond donors (Lipinski definition) is 1. The third-order valence-corrected chi connectivity index (χ3v) is 4.90. The van der Waals surface area contributed by atoms with Crippen LogP contribution >= 0.6 is 0 Å². The van der Waals surface area contributed by atoms with E-state index < -0.39 is 0 Å². The maximum atomic E-state index is 5.81. The van der Waals surface area contributed by atoms with Crippen LogP contribution in [0.3, 0.4) is 0 Å². The van der Waals surface area contributed by atoms with Crippen molar-refractivity contribution in [2.45, 2.75) is 70.4 Å². The van der Waals surface area contributed by atoms with Crippen molar-refractivity contribution in [3.8, 4) is 0 Å². The molecule has 0 heterocycles. The smallest absolute Gasteiger partial charge is 0.0593 e. The molecule has 0 amide bonds. The monoisotopic (exact) mass is 282 g/mol. The average molecular weight is 282 g/mol. The Morgan fingerprint density at radius 2 is 1.80 bits per heavy atom. The van der Waals surface area contributed by atoms with E-state index in [2.05, 4.69) is 24.2 Å². The lowest BCUT2D eigenvalue weighted by atomic mass is 9.91. The van der Waals surface area contributed by atoms with E-state index in [1.165, 1.54) is 51.4 Å². The molecule has 0 spiro atoms. The normalized spacial score (nSPS) is 28.4. The summed E-state index contributed by atoms with van der Waals surface area (Å²) in [6.07, 6.45) is 11.1. The first kappa shape index (κ1) is 16.3. The molecule has 2 unspecified atom stereocenters. The highest BCUT2D eigenvalue weighted by Gasteiger charge is 2.25. The molecule has 0 aromatic heterocycles. The molecule has 20 heavy (non-hydrogen) atoms. The van der Waals surface area contributed by atoms with Crippen LogP contribution in [0.5, 0.6) is 0 Å². The van der Waals surface area contributed by atoms with Crippen molar-refractivity contribution in [1.82, 2.24) is 10.2 Å². The van der Waals surface area contributed by atoms with Crippen LogP contribution in [0.25, 0.3) is 0 Å². The molecule has 118 valence electrons. The lowest BCUT2D eigenvalue weighted by molar-refractivity contribution is 0.0782. The lowest BCUT2D eigenvalue weighted by Gasteiger charge is -2.36. The van der Waals surface area contributed by atoms with Crippen molar-refractivity contribution in [2.24, 2.45) is 5.92 Å². The van der Waals surface area contributed by atoms with Gasteiger partial charge in [-0.15, -0.1) is 0 Å². The highest BCUT2D eigenvalue weighted by molar-refractivity contribution is 4.84. The summed E-state index contributed by atoms with van der Waals surface area (Å²) < 4.78 is 5.81. The van der Waals surface area contributed by atoms with E-state index in [0.717, 1.165) is 32.2 Å². The van der Waals surface area contributed by atoms with Gasteiger partial charge in [0.05, 0.1) is 6.61 Å². The predicted octanol–water partition coefficient (Wildman–Crippen LogP) is 3.05. The maximum Gasteiger partial charge on any atom is 0.0593 e. The zero-order valence-corrected chi connectivity index (χ0v) is 13.6. The number of nitrogens with zero attached hydrogens (tertiary/aromatic N) is 1. The first-order valence-corrected chi connectivity index (χ1v) is 8.82. The molecule has 0 aromatic rings. The van der Waals surface area contributed by atoms with Gasteiger partial charge in [0.25, 0.3) is 0 Å². The molecule has 3 heteroatoms. The molecule has 0 saturated heterocycles. The number of likely N-dealkylation sites (N-methyl/N-ethyl adjacent to an activating group) is 2. The Labute approximate surface area is 125 Å². The minimum Gasteiger partial charge on any atom is -0.380 e. The molecule has 0 aromatic carbocycles. The SMILES string of the molecule is CCNC1CCCCCCC1N(C)CCOCC1CC1. The highest BCUT2D eigenvalue weighted by Crippen LogP contribution is 2.28. The van der Waals surface area contributed by atoms with Crippen LogP contribution in [0.2, 0.25) is 0 Å². The summed E-state index contributed by atoms with van der Waals surface area (Å²) in [5.41, 5.74) is 0. The fourth-order valence-corrected chi connectivity index (χ4v) is 3.40. The standard InChI is InChI=1S/C17H34N2O/c1-3-18-16-8-6-4-5-7-9-17(16)19(2)12-13-20-14-15-10-11-15/h15-18H,3-14H2,1-2H3. The van der Waals surface area contributed by atoms with Crippen molar-refractivity contribution in [2.75, 3.05) is 33.4 Å². The zero-order valence-electron chi connectivity index (χ0n) is 13.6. The minimum atomic E-state index is 0.675. The van der Waals surface area contributed by atoms with Gasteiger partial charge >= 0.3 is 0 Å². The Hall–Kier alpha value is -0.120. The second-order valence-electron chi connectivity index (χ2n) is 6.72. The van der Waals surface area contributed by atoms with E-state index in [-0.39, 0.29) is 0 Å². The topological polar surface area (TPSA) is 24.5 Å². The van der Waals surface area contributed by atoms with Crippen LogP contribution in [0, 0.1) is 5.92 Å². The van der Waals surface area contributed by atoms with E-state index >= 15 is 0 Å². The summed E-state index contributed by atoms with van der Waals surface area (Å²) in [5, 5.41) is 3.72. The Morgan fingerprint density at radius 1 is 1.05 bits per heavy atom. The molecule has 2 atom stereocenters. The van der Waals surface area contributed by atoms with Gasteiger partial charge < -0.3 is 10.1 Å². The number of nitrogens with one attached hydrogen (secondary N) is 1. The van der Waals surface area contributed by atoms with E-state index in [1.54, 1.807) is 0 Å². The van der Waals surface area contributed by atoms with Gasteiger partial charge in [-0.05, 0) is 45.2 Å². The molecule has 2 fully saturated rings. The molecule has 1 N–H and O–H groups in total. The third-order valence-electron chi connectivity index (χ3n) is 4.90. The van der Waals surface area contributed by atoms with E-state index in [0.29, 0.717) is 12.1 Å². The number of rotatable bonds is 8. The zero-order chi connectivity index (χ0) is 14.2. The summed E-state index contributed by atoms with van der Waals surface area (Å²) in [6, 6.07) is 1.37. The highest BCUT2D eigenvalue weighted by atomic mass is 16.5. The Kier molecular flexibility index (Phi) is 7.32. The molecule has 3 nitrogen and oxygen atoms in total. The summed E-state index contributed by atoms with van der Waals surface area (Å²) in [4.78, 5) is 2.55. The molecular weight excluding hydrogens is 248 g/mol. The maximum absolute atomic E-state index is 5.81. The predicted molar refractivity (Wildman–Crippen MR) is 85.1 cm³/mol. The van der Waals surface area contributed by atoms with Gasteiger partial charge in [0, 0.05) is 25.2 Å². The summed E-state index contributed by atoms with van der Waals surface area (Å²) in [6.45, 7) is 6.30. The molecule has 0 bridgehead atoms. The van der Waals surface area contributed by atoms with Crippen LogP contribution < -0.4 is 5.32 Å². The molecule has 2 aliphatic rings. The largest absolute Gasteiger partial charge is 0.380 e. The van der Waals surface area contributed by atoms with Crippen molar-refractivity contribution < 1.29 is 4.74 Å². The number of hydrogen-bond acceptors (Lipinski definition) is 3. The summed E-state index contributed by atoms with van der Waals surface area (Å²) in [7, 11) is 2.29. The average Bonchev–Trinajstić information content (AvgIpc) is 3.22. The first-order chi connectivity index (χ1) is 9.81. The van der Waals surface area contributed by atoms with Crippen molar-refractivity contribution in [3.63, 3.8) is 0 Å². The van der Waals surface area contributed by atoms with Crippen molar-refractivity contribution >= 4 is 0 Å². The van der Waals surface area contributed by atoms with Gasteiger partial charge in [-0.2, -0.15) is 0 Å². The van der Waals surface area contributed by atoms with Crippen LogP contribution in [-0.4, -0.2) is 50.3 Å². The van der Waals surface area contributed by atoms with E-state index in [9.17, 15) is 0 Å². The van der Waals surface area contributed by atoms with Gasteiger partial charge in [-0.3, -0.25) is 4.90 Å². The molecule has 2 aliphatic carbocycles. The summed E-state index contributed by atoms with van der Waals surface area (Å²) >= 11 is 0. The van der Waals surface area contributed by atoms with Crippen LogP contribution in [0.4, 0.5) is 0 Å². The number of ether oxygens (including phenoxy) is 1. The second kappa shape index (κ2) is 9.01. The lowest BCUT2D eigenvalue weighted by Crippen LogP contribution is -2.50. The van der Waals surface area contributed by atoms with Crippen LogP contribution in [0.1, 0.15) is 58.3 Å². The minimum absolute atomic E-state index is 0.675. The van der Waals surface area contributed by atoms with Crippen molar-refractivity contribution in [1.29, 1.82) is 0 Å². The quantitative estimate of drug-likeness (QED) is 0.693. The van der Waals surface area contributed by atoms with Gasteiger partial charge in [0.2, 0.25) is 0 Å².